The van der Waals surface area contributed by atoms with E-state index in [0.29, 0.717) is 18.8 Å². The third-order valence-corrected chi connectivity index (χ3v) is 4.99. The van der Waals surface area contributed by atoms with E-state index in [1.54, 1.807) is 6.07 Å². The highest BCUT2D eigenvalue weighted by Crippen LogP contribution is 2.21. The summed E-state index contributed by atoms with van der Waals surface area (Å²) in [6.07, 6.45) is 2.93. The first-order valence-corrected chi connectivity index (χ1v) is 8.54. The molecule has 1 fully saturated rings. The van der Waals surface area contributed by atoms with Gasteiger partial charge in [0.25, 0.3) is 0 Å². The number of nitrogens with zero attached hydrogens (tertiary/aromatic N) is 1. The van der Waals surface area contributed by atoms with Crippen molar-refractivity contribution in [2.24, 2.45) is 5.73 Å². The highest BCUT2D eigenvalue weighted by molar-refractivity contribution is 7.90. The molecule has 1 aliphatic heterocycles. The molecule has 0 aliphatic carbocycles. The van der Waals surface area contributed by atoms with Gasteiger partial charge in [0.05, 0.1) is 12.2 Å². The second-order valence-corrected chi connectivity index (χ2v) is 6.77. The summed E-state index contributed by atoms with van der Waals surface area (Å²) in [7, 11) is -3.49. The molecule has 3 N–H and O–H groups in total. The summed E-state index contributed by atoms with van der Waals surface area (Å²) >= 11 is 0. The fourth-order valence-electron chi connectivity index (χ4n) is 2.27. The van der Waals surface area contributed by atoms with Crippen LogP contribution in [0.4, 0.5) is 5.69 Å². The van der Waals surface area contributed by atoms with E-state index in [9.17, 15) is 8.42 Å². The zero-order chi connectivity index (χ0) is 15.3. The molecule has 0 atom stereocenters. The molecule has 0 amide bonds. The van der Waals surface area contributed by atoms with Crippen molar-refractivity contribution in [3.05, 3.63) is 29.3 Å². The molecule has 0 radical (unpaired) electrons. The molecule has 0 spiro atoms. The van der Waals surface area contributed by atoms with Crippen molar-refractivity contribution in [1.29, 1.82) is 0 Å². The summed E-state index contributed by atoms with van der Waals surface area (Å²) in [5.41, 5.74) is 7.55. The lowest BCUT2D eigenvalue weighted by molar-refractivity contribution is 0.349. The summed E-state index contributed by atoms with van der Waals surface area (Å²) in [4.78, 5) is 0. The summed E-state index contributed by atoms with van der Waals surface area (Å²) in [5, 5.41) is 0. The van der Waals surface area contributed by atoms with Crippen LogP contribution in [0.1, 0.15) is 30.4 Å². The van der Waals surface area contributed by atoms with Gasteiger partial charge in [0, 0.05) is 18.7 Å². The van der Waals surface area contributed by atoms with Crippen LogP contribution in [0, 0.1) is 18.8 Å². The van der Waals surface area contributed by atoms with E-state index in [4.69, 9.17) is 5.73 Å². The topological polar surface area (TPSA) is 75.4 Å². The highest BCUT2D eigenvalue weighted by atomic mass is 32.2. The Hall–Kier alpha value is -1.55. The lowest BCUT2D eigenvalue weighted by atomic mass is 10.1. The zero-order valence-corrected chi connectivity index (χ0v) is 13.0. The Morgan fingerprint density at radius 2 is 2.00 bits per heavy atom. The van der Waals surface area contributed by atoms with Gasteiger partial charge >= 0.3 is 10.2 Å². The van der Waals surface area contributed by atoms with Crippen molar-refractivity contribution in [2.45, 2.75) is 26.2 Å². The number of rotatable bonds is 3. The second kappa shape index (κ2) is 6.94. The smallest absolute Gasteiger partial charge is 0.301 e. The Morgan fingerprint density at radius 1 is 1.29 bits per heavy atom. The number of anilines is 1. The molecule has 6 heteroatoms. The predicted octanol–water partition coefficient (Wildman–Crippen LogP) is 1.45. The van der Waals surface area contributed by atoms with Crippen molar-refractivity contribution >= 4 is 15.9 Å². The monoisotopic (exact) mass is 307 g/mol. The van der Waals surface area contributed by atoms with E-state index in [0.717, 1.165) is 30.4 Å². The van der Waals surface area contributed by atoms with Crippen LogP contribution in [0.25, 0.3) is 0 Å². The number of aryl methyl sites for hydroxylation is 1. The summed E-state index contributed by atoms with van der Waals surface area (Å²) in [5.74, 6) is 5.68. The van der Waals surface area contributed by atoms with E-state index >= 15 is 0 Å². The van der Waals surface area contributed by atoms with Crippen molar-refractivity contribution in [1.82, 2.24) is 4.31 Å². The maximum absolute atomic E-state index is 12.4. The van der Waals surface area contributed by atoms with Gasteiger partial charge in [-0.2, -0.15) is 12.7 Å². The minimum absolute atomic E-state index is 0.280. The minimum atomic E-state index is -3.49. The average Bonchev–Trinajstić information content (AvgIpc) is 2.49. The first-order chi connectivity index (χ1) is 10.0. The number of piperidine rings is 1. The summed E-state index contributed by atoms with van der Waals surface area (Å²) in [6, 6.07) is 5.46. The highest BCUT2D eigenvalue weighted by Gasteiger charge is 2.24. The fourth-order valence-corrected chi connectivity index (χ4v) is 3.64. The van der Waals surface area contributed by atoms with Crippen LogP contribution < -0.4 is 10.5 Å². The summed E-state index contributed by atoms with van der Waals surface area (Å²) < 4.78 is 29.0. The van der Waals surface area contributed by atoms with Gasteiger partial charge in [-0.25, -0.2) is 0 Å². The van der Waals surface area contributed by atoms with Crippen LogP contribution in [0.2, 0.25) is 0 Å². The molecule has 5 nitrogen and oxygen atoms in total. The second-order valence-electron chi connectivity index (χ2n) is 5.10. The molecular weight excluding hydrogens is 286 g/mol. The molecule has 1 aromatic carbocycles. The Labute approximate surface area is 126 Å². The molecule has 2 rings (SSSR count). The van der Waals surface area contributed by atoms with Gasteiger partial charge < -0.3 is 5.73 Å². The number of hydrogen-bond donors (Lipinski definition) is 2. The number of benzene rings is 1. The quantitative estimate of drug-likeness (QED) is 0.830. The molecule has 1 heterocycles. The fraction of sp³-hybridized carbons (Fsp3) is 0.467. The van der Waals surface area contributed by atoms with E-state index < -0.39 is 10.2 Å². The first kappa shape index (κ1) is 15.8. The van der Waals surface area contributed by atoms with Crippen LogP contribution in [0.3, 0.4) is 0 Å². The van der Waals surface area contributed by atoms with Crippen molar-refractivity contribution in [3.63, 3.8) is 0 Å². The minimum Gasteiger partial charge on any atom is -0.320 e. The van der Waals surface area contributed by atoms with Crippen molar-refractivity contribution in [2.75, 3.05) is 24.4 Å². The van der Waals surface area contributed by atoms with Gasteiger partial charge in [0.15, 0.2) is 0 Å². The van der Waals surface area contributed by atoms with Gasteiger partial charge in [0.1, 0.15) is 0 Å². The number of nitrogens with two attached hydrogens (primary N) is 1. The molecule has 0 bridgehead atoms. The zero-order valence-electron chi connectivity index (χ0n) is 12.2. The van der Waals surface area contributed by atoms with Gasteiger partial charge in [-0.1, -0.05) is 24.3 Å². The van der Waals surface area contributed by atoms with E-state index in [1.165, 1.54) is 4.31 Å². The molecule has 0 unspecified atom stereocenters. The molecule has 114 valence electrons. The van der Waals surface area contributed by atoms with Gasteiger partial charge in [-0.05, 0) is 37.5 Å². The van der Waals surface area contributed by atoms with Gasteiger partial charge in [0.2, 0.25) is 0 Å². The van der Waals surface area contributed by atoms with Crippen LogP contribution in [0.5, 0.6) is 0 Å². The van der Waals surface area contributed by atoms with E-state index in [-0.39, 0.29) is 6.54 Å². The van der Waals surface area contributed by atoms with E-state index in [2.05, 4.69) is 16.6 Å². The third-order valence-electron chi connectivity index (χ3n) is 3.47. The predicted molar refractivity (Wildman–Crippen MR) is 85.1 cm³/mol. The molecular formula is C15H21N3O2S. The van der Waals surface area contributed by atoms with Crippen LogP contribution >= 0.6 is 0 Å². The van der Waals surface area contributed by atoms with Gasteiger partial charge in [-0.15, -0.1) is 0 Å². The molecule has 21 heavy (non-hydrogen) atoms. The number of nitrogens with one attached hydrogen (secondary N) is 1. The van der Waals surface area contributed by atoms with Crippen LogP contribution in [-0.2, 0) is 10.2 Å². The lowest BCUT2D eigenvalue weighted by Crippen LogP contribution is -2.39. The lowest BCUT2D eigenvalue weighted by Gasteiger charge is -2.26. The Kier molecular flexibility index (Phi) is 5.23. The van der Waals surface area contributed by atoms with Gasteiger partial charge in [-0.3, -0.25) is 4.72 Å². The van der Waals surface area contributed by atoms with Crippen LogP contribution in [0.15, 0.2) is 18.2 Å². The Bertz CT molecular complexity index is 653. The maximum atomic E-state index is 12.4. The third kappa shape index (κ3) is 4.21. The SMILES string of the molecule is Cc1ccc(C#CCN)cc1NS(=O)(=O)N1CCCCC1. The molecule has 0 saturated carbocycles. The van der Waals surface area contributed by atoms with E-state index in [1.807, 2.05) is 19.1 Å². The largest absolute Gasteiger partial charge is 0.320 e. The summed E-state index contributed by atoms with van der Waals surface area (Å²) in [6.45, 7) is 3.32. The van der Waals surface area contributed by atoms with Crippen molar-refractivity contribution < 1.29 is 8.42 Å². The first-order valence-electron chi connectivity index (χ1n) is 7.10. The van der Waals surface area contributed by atoms with Crippen molar-refractivity contribution in [3.8, 4) is 11.8 Å². The molecule has 1 aliphatic rings. The normalized spacial score (nSPS) is 16.1. The molecule has 1 saturated heterocycles. The molecule has 0 aromatic heterocycles. The maximum Gasteiger partial charge on any atom is 0.301 e. The average molecular weight is 307 g/mol. The molecule has 1 aromatic rings. The standard InChI is InChI=1S/C15H21N3O2S/c1-13-7-8-14(6-5-9-16)12-15(13)17-21(19,20)18-10-3-2-4-11-18/h7-8,12,17H,2-4,9-11,16H2,1H3. The Morgan fingerprint density at radius 3 is 2.67 bits per heavy atom. The van der Waals surface area contributed by atoms with Crippen LogP contribution in [-0.4, -0.2) is 32.4 Å². The Balaban J connectivity index is 2.21. The number of hydrogen-bond acceptors (Lipinski definition) is 3.